The van der Waals surface area contributed by atoms with Crippen LogP contribution in [-0.2, 0) is 0 Å². The van der Waals surface area contributed by atoms with Crippen LogP contribution in [0.5, 0.6) is 0 Å². The molecule has 0 bridgehead atoms. The number of fused-ring (bicyclic) bond motifs is 1. The van der Waals surface area contributed by atoms with Crippen molar-refractivity contribution in [2.24, 2.45) is 0 Å². The van der Waals surface area contributed by atoms with Crippen LogP contribution in [0, 0.1) is 11.3 Å². The summed E-state index contributed by atoms with van der Waals surface area (Å²) in [5.41, 5.74) is 7.85. The van der Waals surface area contributed by atoms with Crippen molar-refractivity contribution >= 4 is 51.7 Å². The number of nitrogens with one attached hydrogen (secondary N) is 2. The normalized spacial score (nSPS) is 10.7. The van der Waals surface area contributed by atoms with Crippen molar-refractivity contribution in [2.45, 2.75) is 0 Å². The van der Waals surface area contributed by atoms with Gasteiger partial charge in [0.2, 0.25) is 0 Å². The Kier molecular flexibility index (Phi) is 4.24. The molecule has 4 aromatic rings. The lowest BCUT2D eigenvalue weighted by atomic mass is 10.1. The molecule has 0 unspecified atom stereocenters. The lowest BCUT2D eigenvalue weighted by molar-refractivity contribution is 1.17. The Morgan fingerprint density at radius 1 is 1.11 bits per heavy atom. The molecule has 0 fully saturated rings. The van der Waals surface area contributed by atoms with E-state index in [1.807, 2.05) is 6.07 Å². The Morgan fingerprint density at radius 2 is 1.89 bits per heavy atom. The molecule has 3 aromatic heterocycles. The first kappa shape index (κ1) is 17.0. The molecule has 0 amide bonds. The van der Waals surface area contributed by atoms with Gasteiger partial charge in [0.1, 0.15) is 29.3 Å². The van der Waals surface area contributed by atoms with E-state index in [4.69, 9.17) is 34.2 Å². The number of nitriles is 1. The van der Waals surface area contributed by atoms with Gasteiger partial charge in [0.05, 0.1) is 32.8 Å². The SMILES string of the molecule is N#Cc1cc(Cl)c(-c2nc3ccnc(Nc4cc(N)ncn4)c3[nH]2)c(Cl)c1. The van der Waals surface area contributed by atoms with E-state index >= 15 is 0 Å². The smallest absolute Gasteiger partial charge is 0.157 e. The predicted molar refractivity (Wildman–Crippen MR) is 104 cm³/mol. The number of halogens is 2. The number of imidazole rings is 1. The van der Waals surface area contributed by atoms with Crippen LogP contribution < -0.4 is 11.1 Å². The Bertz CT molecular complexity index is 1190. The highest BCUT2D eigenvalue weighted by Crippen LogP contribution is 2.36. The highest BCUT2D eigenvalue weighted by molar-refractivity contribution is 6.39. The first-order chi connectivity index (χ1) is 13.0. The Hall–Kier alpha value is -3.41. The van der Waals surface area contributed by atoms with Crippen LogP contribution >= 0.6 is 23.2 Å². The predicted octanol–water partition coefficient (Wildman–Crippen LogP) is 3.92. The first-order valence-electron chi connectivity index (χ1n) is 7.64. The molecule has 0 atom stereocenters. The zero-order valence-electron chi connectivity index (χ0n) is 13.5. The minimum absolute atomic E-state index is 0.323. The fourth-order valence-corrected chi connectivity index (χ4v) is 3.24. The molecular weight excluding hydrogens is 387 g/mol. The zero-order valence-corrected chi connectivity index (χ0v) is 15.0. The van der Waals surface area contributed by atoms with Gasteiger partial charge in [0.25, 0.3) is 0 Å². The average Bonchev–Trinajstić information content (AvgIpc) is 3.05. The minimum Gasteiger partial charge on any atom is -0.384 e. The highest BCUT2D eigenvalue weighted by Gasteiger charge is 2.16. The van der Waals surface area contributed by atoms with Crippen molar-refractivity contribution in [1.82, 2.24) is 24.9 Å². The van der Waals surface area contributed by atoms with Crippen LogP contribution in [-0.4, -0.2) is 24.9 Å². The largest absolute Gasteiger partial charge is 0.384 e. The molecule has 4 rings (SSSR count). The molecule has 0 saturated carbocycles. The summed E-state index contributed by atoms with van der Waals surface area (Å²) >= 11 is 12.6. The summed E-state index contributed by atoms with van der Waals surface area (Å²) in [5.74, 6) is 1.79. The number of hydrogen-bond acceptors (Lipinski definition) is 7. The summed E-state index contributed by atoms with van der Waals surface area (Å²) < 4.78 is 0. The van der Waals surface area contributed by atoms with Crippen LogP contribution in [0.3, 0.4) is 0 Å². The van der Waals surface area contributed by atoms with E-state index in [9.17, 15) is 0 Å². The van der Waals surface area contributed by atoms with Gasteiger partial charge in [-0.1, -0.05) is 23.2 Å². The average molecular weight is 397 g/mol. The van der Waals surface area contributed by atoms with Crippen LogP contribution in [0.2, 0.25) is 10.0 Å². The van der Waals surface area contributed by atoms with Crippen LogP contribution in [0.4, 0.5) is 17.5 Å². The van der Waals surface area contributed by atoms with E-state index in [1.54, 1.807) is 18.3 Å². The molecule has 0 aliphatic rings. The van der Waals surface area contributed by atoms with Gasteiger partial charge in [0.15, 0.2) is 5.82 Å². The van der Waals surface area contributed by atoms with Crippen molar-refractivity contribution < 1.29 is 0 Å². The van der Waals surface area contributed by atoms with E-state index in [0.29, 0.717) is 55.5 Å². The Balaban J connectivity index is 1.81. The minimum atomic E-state index is 0.323. The second-order valence-electron chi connectivity index (χ2n) is 5.52. The number of aromatic nitrogens is 5. The fraction of sp³-hybridized carbons (Fsp3) is 0. The van der Waals surface area contributed by atoms with Crippen molar-refractivity contribution in [3.8, 4) is 17.5 Å². The molecular formula is C17H10Cl2N8. The van der Waals surface area contributed by atoms with Crippen LogP contribution in [0.25, 0.3) is 22.4 Å². The summed E-state index contributed by atoms with van der Waals surface area (Å²) in [5, 5.41) is 12.8. The molecule has 132 valence electrons. The third-order valence-corrected chi connectivity index (χ3v) is 4.34. The summed E-state index contributed by atoms with van der Waals surface area (Å²) in [6.45, 7) is 0. The standard InChI is InChI=1S/C17H10Cl2N8/c18-9-3-8(6-20)4-10(19)14(9)16-25-11-1-2-22-17(15(11)27-16)26-13-5-12(21)23-7-24-13/h1-5,7H,(H,25,27)(H3,21,22,23,24,26). The third-order valence-electron chi connectivity index (χ3n) is 3.75. The number of H-pyrrole nitrogens is 1. The number of nitrogens with zero attached hydrogens (tertiary/aromatic N) is 5. The van der Waals surface area contributed by atoms with E-state index < -0.39 is 0 Å². The first-order valence-corrected chi connectivity index (χ1v) is 8.39. The molecule has 8 nitrogen and oxygen atoms in total. The van der Waals surface area contributed by atoms with Crippen molar-refractivity contribution in [3.63, 3.8) is 0 Å². The molecule has 4 N–H and O–H groups in total. The van der Waals surface area contributed by atoms with Crippen LogP contribution in [0.1, 0.15) is 5.56 Å². The third kappa shape index (κ3) is 3.21. The maximum absolute atomic E-state index is 9.03. The van der Waals surface area contributed by atoms with E-state index in [0.717, 1.165) is 0 Å². The monoisotopic (exact) mass is 396 g/mol. The van der Waals surface area contributed by atoms with Crippen molar-refractivity contribution in [1.29, 1.82) is 5.26 Å². The Labute approximate surface area is 163 Å². The van der Waals surface area contributed by atoms with Gasteiger partial charge in [-0.15, -0.1) is 0 Å². The number of aromatic amines is 1. The van der Waals surface area contributed by atoms with E-state index in [1.165, 1.54) is 18.5 Å². The van der Waals surface area contributed by atoms with Crippen LogP contribution in [0.15, 0.2) is 36.8 Å². The van der Waals surface area contributed by atoms with Gasteiger partial charge in [-0.3, -0.25) is 0 Å². The van der Waals surface area contributed by atoms with E-state index in [2.05, 4.69) is 30.2 Å². The second kappa shape index (κ2) is 6.72. The number of nitrogen functional groups attached to an aromatic ring is 1. The van der Waals surface area contributed by atoms with Crippen molar-refractivity contribution in [2.75, 3.05) is 11.1 Å². The highest BCUT2D eigenvalue weighted by atomic mass is 35.5. The number of rotatable bonds is 3. The maximum Gasteiger partial charge on any atom is 0.157 e. The number of benzene rings is 1. The van der Waals surface area contributed by atoms with E-state index in [-0.39, 0.29) is 0 Å². The number of hydrogen-bond donors (Lipinski definition) is 3. The second-order valence-corrected chi connectivity index (χ2v) is 6.33. The number of pyridine rings is 1. The number of anilines is 3. The van der Waals surface area contributed by atoms with Gasteiger partial charge >= 0.3 is 0 Å². The topological polar surface area (TPSA) is 129 Å². The molecule has 0 aliphatic heterocycles. The fourth-order valence-electron chi connectivity index (χ4n) is 2.57. The summed E-state index contributed by atoms with van der Waals surface area (Å²) in [6.07, 6.45) is 2.97. The van der Waals surface area contributed by atoms with Gasteiger partial charge in [-0.05, 0) is 18.2 Å². The summed E-state index contributed by atoms with van der Waals surface area (Å²) in [6, 6.07) is 8.43. The zero-order chi connectivity index (χ0) is 19.0. The molecule has 27 heavy (non-hydrogen) atoms. The van der Waals surface area contributed by atoms with Gasteiger partial charge < -0.3 is 16.0 Å². The van der Waals surface area contributed by atoms with Gasteiger partial charge in [-0.25, -0.2) is 19.9 Å². The molecule has 3 heterocycles. The molecule has 0 spiro atoms. The van der Waals surface area contributed by atoms with Gasteiger partial charge in [-0.2, -0.15) is 5.26 Å². The van der Waals surface area contributed by atoms with Crippen molar-refractivity contribution in [3.05, 3.63) is 52.4 Å². The quantitative estimate of drug-likeness (QED) is 0.478. The summed E-state index contributed by atoms with van der Waals surface area (Å²) in [7, 11) is 0. The molecule has 0 saturated heterocycles. The lowest BCUT2D eigenvalue weighted by Gasteiger charge is -2.06. The maximum atomic E-state index is 9.03. The molecule has 0 aliphatic carbocycles. The molecule has 0 radical (unpaired) electrons. The molecule has 10 heteroatoms. The molecule has 1 aromatic carbocycles. The lowest BCUT2D eigenvalue weighted by Crippen LogP contribution is -1.99. The Morgan fingerprint density at radius 3 is 2.59 bits per heavy atom. The number of nitrogens with two attached hydrogens (primary N) is 1. The summed E-state index contributed by atoms with van der Waals surface area (Å²) in [4.78, 5) is 20.0. The van der Waals surface area contributed by atoms with Gasteiger partial charge in [0, 0.05) is 12.3 Å².